The van der Waals surface area contributed by atoms with Crippen LogP contribution in [0.2, 0.25) is 0 Å². The first-order valence-electron chi connectivity index (χ1n) is 6.86. The lowest BCUT2D eigenvalue weighted by Crippen LogP contribution is -2.49. The SMILES string of the molecule is Cc1occc1C(=O)NNC(=O)[C@@H]1CCCC[C@H]1C(=O)[O-]. The Labute approximate surface area is 121 Å². The van der Waals surface area contributed by atoms with Gasteiger partial charge in [-0.05, 0) is 25.8 Å². The van der Waals surface area contributed by atoms with Crippen molar-refractivity contribution in [1.82, 2.24) is 10.9 Å². The number of hydrogen-bond acceptors (Lipinski definition) is 5. The minimum absolute atomic E-state index is 0.315. The first-order chi connectivity index (χ1) is 10.0. The zero-order valence-corrected chi connectivity index (χ0v) is 11.7. The van der Waals surface area contributed by atoms with E-state index in [1.807, 2.05) is 0 Å². The number of nitrogens with one attached hydrogen (secondary N) is 2. The molecule has 0 saturated heterocycles. The van der Waals surface area contributed by atoms with Crippen LogP contribution in [0.15, 0.2) is 16.7 Å². The van der Waals surface area contributed by atoms with Crippen molar-refractivity contribution in [2.24, 2.45) is 11.8 Å². The average Bonchev–Trinajstić information content (AvgIpc) is 2.90. The zero-order chi connectivity index (χ0) is 15.4. The number of amides is 2. The lowest BCUT2D eigenvalue weighted by Gasteiger charge is -2.31. The van der Waals surface area contributed by atoms with E-state index < -0.39 is 29.6 Å². The van der Waals surface area contributed by atoms with Gasteiger partial charge < -0.3 is 14.3 Å². The molecular formula is C14H17N2O5-. The van der Waals surface area contributed by atoms with Gasteiger partial charge in [0.25, 0.3) is 5.91 Å². The van der Waals surface area contributed by atoms with Gasteiger partial charge in [0.2, 0.25) is 5.91 Å². The second-order valence-corrected chi connectivity index (χ2v) is 5.15. The Balaban J connectivity index is 1.93. The Morgan fingerprint density at radius 2 is 1.86 bits per heavy atom. The van der Waals surface area contributed by atoms with Gasteiger partial charge in [-0.1, -0.05) is 12.8 Å². The van der Waals surface area contributed by atoms with E-state index in [4.69, 9.17) is 4.42 Å². The van der Waals surface area contributed by atoms with Crippen molar-refractivity contribution in [2.75, 3.05) is 0 Å². The van der Waals surface area contributed by atoms with Crippen LogP contribution in [-0.4, -0.2) is 17.8 Å². The van der Waals surface area contributed by atoms with Crippen molar-refractivity contribution in [3.05, 3.63) is 23.7 Å². The molecule has 114 valence electrons. The molecule has 2 N–H and O–H groups in total. The highest BCUT2D eigenvalue weighted by Crippen LogP contribution is 2.29. The van der Waals surface area contributed by atoms with Crippen molar-refractivity contribution in [3.8, 4) is 0 Å². The monoisotopic (exact) mass is 293 g/mol. The number of rotatable bonds is 3. The number of aliphatic carboxylic acids is 1. The summed E-state index contributed by atoms with van der Waals surface area (Å²) >= 11 is 0. The molecule has 0 aliphatic heterocycles. The molecule has 0 radical (unpaired) electrons. The normalized spacial score (nSPS) is 21.6. The molecule has 0 aromatic carbocycles. The summed E-state index contributed by atoms with van der Waals surface area (Å²) in [5.74, 6) is -3.26. The van der Waals surface area contributed by atoms with Crippen molar-refractivity contribution in [2.45, 2.75) is 32.6 Å². The maximum atomic E-state index is 12.0. The highest BCUT2D eigenvalue weighted by molar-refractivity contribution is 5.96. The number of furan rings is 1. The van der Waals surface area contributed by atoms with Crippen LogP contribution in [0.25, 0.3) is 0 Å². The molecule has 2 rings (SSSR count). The fourth-order valence-electron chi connectivity index (χ4n) is 2.63. The molecule has 1 aromatic rings. The van der Waals surface area contributed by atoms with E-state index in [9.17, 15) is 19.5 Å². The van der Waals surface area contributed by atoms with E-state index in [0.29, 0.717) is 24.2 Å². The molecule has 1 aliphatic carbocycles. The van der Waals surface area contributed by atoms with E-state index in [1.54, 1.807) is 6.92 Å². The van der Waals surface area contributed by atoms with Crippen LogP contribution >= 0.6 is 0 Å². The summed E-state index contributed by atoms with van der Waals surface area (Å²) in [5, 5.41) is 11.0. The lowest BCUT2D eigenvalue weighted by atomic mass is 9.79. The number of carboxylic acid groups (broad SMARTS) is 1. The van der Waals surface area contributed by atoms with E-state index in [-0.39, 0.29) is 0 Å². The van der Waals surface area contributed by atoms with Crippen LogP contribution in [0.1, 0.15) is 41.8 Å². The standard InChI is InChI=1S/C14H18N2O5/c1-8-9(6-7-21-8)12(17)15-16-13(18)10-4-2-3-5-11(10)14(19)20/h6-7,10-11H,2-5H2,1H3,(H,15,17)(H,16,18)(H,19,20)/p-1/t10-,11-/m1/s1. The lowest BCUT2D eigenvalue weighted by molar-refractivity contribution is -0.314. The van der Waals surface area contributed by atoms with Gasteiger partial charge in [0, 0.05) is 17.8 Å². The summed E-state index contributed by atoms with van der Waals surface area (Å²) in [6.45, 7) is 1.63. The van der Waals surface area contributed by atoms with E-state index in [1.165, 1.54) is 12.3 Å². The Morgan fingerprint density at radius 3 is 2.43 bits per heavy atom. The molecule has 0 spiro atoms. The van der Waals surface area contributed by atoms with Crippen molar-refractivity contribution >= 4 is 17.8 Å². The second kappa shape index (κ2) is 6.43. The molecule has 1 fully saturated rings. The van der Waals surface area contributed by atoms with Gasteiger partial charge in [-0.3, -0.25) is 20.4 Å². The Bertz CT molecular complexity index is 551. The summed E-state index contributed by atoms with van der Waals surface area (Å²) in [5.41, 5.74) is 4.87. The molecule has 0 unspecified atom stereocenters. The number of carbonyl (C=O) groups is 3. The number of carbonyl (C=O) groups excluding carboxylic acids is 3. The highest BCUT2D eigenvalue weighted by atomic mass is 16.4. The van der Waals surface area contributed by atoms with E-state index in [0.717, 1.165) is 12.8 Å². The molecule has 7 nitrogen and oxygen atoms in total. The van der Waals surface area contributed by atoms with Gasteiger partial charge in [0.1, 0.15) is 5.76 Å². The van der Waals surface area contributed by atoms with Crippen LogP contribution in [0, 0.1) is 18.8 Å². The predicted molar refractivity (Wildman–Crippen MR) is 69.5 cm³/mol. The molecule has 1 saturated carbocycles. The average molecular weight is 293 g/mol. The Morgan fingerprint density at radius 1 is 1.19 bits per heavy atom. The fourth-order valence-corrected chi connectivity index (χ4v) is 2.63. The minimum Gasteiger partial charge on any atom is -0.550 e. The van der Waals surface area contributed by atoms with Gasteiger partial charge in [0.15, 0.2) is 0 Å². The molecule has 2 atom stereocenters. The first-order valence-corrected chi connectivity index (χ1v) is 6.86. The van der Waals surface area contributed by atoms with Crippen molar-refractivity contribution in [3.63, 3.8) is 0 Å². The number of hydrogen-bond donors (Lipinski definition) is 2. The minimum atomic E-state index is -1.22. The maximum absolute atomic E-state index is 12.0. The van der Waals surface area contributed by atoms with E-state index >= 15 is 0 Å². The Hall–Kier alpha value is -2.31. The zero-order valence-electron chi connectivity index (χ0n) is 11.7. The van der Waals surface area contributed by atoms with Gasteiger partial charge in [-0.25, -0.2) is 0 Å². The van der Waals surface area contributed by atoms with Crippen LogP contribution in [0.4, 0.5) is 0 Å². The van der Waals surface area contributed by atoms with Crippen LogP contribution in [-0.2, 0) is 9.59 Å². The quantitative estimate of drug-likeness (QED) is 0.756. The van der Waals surface area contributed by atoms with Gasteiger partial charge in [-0.15, -0.1) is 0 Å². The molecule has 2 amide bonds. The maximum Gasteiger partial charge on any atom is 0.273 e. The molecular weight excluding hydrogens is 276 g/mol. The van der Waals surface area contributed by atoms with Crippen LogP contribution in [0.5, 0.6) is 0 Å². The summed E-state index contributed by atoms with van der Waals surface area (Å²) < 4.78 is 5.00. The summed E-state index contributed by atoms with van der Waals surface area (Å²) in [6, 6.07) is 1.49. The fraction of sp³-hybridized carbons (Fsp3) is 0.500. The van der Waals surface area contributed by atoms with Crippen LogP contribution in [0.3, 0.4) is 0 Å². The summed E-state index contributed by atoms with van der Waals surface area (Å²) in [6.07, 6.45) is 3.83. The molecule has 7 heteroatoms. The van der Waals surface area contributed by atoms with Gasteiger partial charge in [0.05, 0.1) is 11.8 Å². The number of hydrazine groups is 1. The third-order valence-electron chi connectivity index (χ3n) is 3.81. The second-order valence-electron chi connectivity index (χ2n) is 5.15. The van der Waals surface area contributed by atoms with E-state index in [2.05, 4.69) is 10.9 Å². The summed E-state index contributed by atoms with van der Waals surface area (Å²) in [4.78, 5) is 34.9. The molecule has 1 heterocycles. The third-order valence-corrected chi connectivity index (χ3v) is 3.81. The summed E-state index contributed by atoms with van der Waals surface area (Å²) in [7, 11) is 0. The van der Waals surface area contributed by atoms with Crippen molar-refractivity contribution < 1.29 is 23.9 Å². The Kier molecular flexibility index (Phi) is 4.62. The topological polar surface area (TPSA) is 111 Å². The molecule has 0 bridgehead atoms. The van der Waals surface area contributed by atoms with Crippen molar-refractivity contribution in [1.29, 1.82) is 0 Å². The highest BCUT2D eigenvalue weighted by Gasteiger charge is 2.32. The number of aryl methyl sites for hydroxylation is 1. The molecule has 1 aromatic heterocycles. The third kappa shape index (κ3) is 3.42. The van der Waals surface area contributed by atoms with Crippen LogP contribution < -0.4 is 16.0 Å². The van der Waals surface area contributed by atoms with Gasteiger partial charge >= 0.3 is 0 Å². The molecule has 1 aliphatic rings. The number of carboxylic acids is 1. The smallest absolute Gasteiger partial charge is 0.273 e. The largest absolute Gasteiger partial charge is 0.550 e. The molecule has 21 heavy (non-hydrogen) atoms. The first kappa shape index (κ1) is 15.1. The van der Waals surface area contributed by atoms with Gasteiger partial charge in [-0.2, -0.15) is 0 Å². The predicted octanol–water partition coefficient (Wildman–Crippen LogP) is -0.0947.